The summed E-state index contributed by atoms with van der Waals surface area (Å²) in [5, 5.41) is 9.24. The Morgan fingerprint density at radius 1 is 1.46 bits per heavy atom. The zero-order chi connectivity index (χ0) is 9.84. The molecule has 4 heteroatoms. The number of hydrogen-bond donors (Lipinski definition) is 2. The minimum absolute atomic E-state index is 0.429. The van der Waals surface area contributed by atoms with E-state index < -0.39 is 0 Å². The first kappa shape index (κ1) is 10.3. The molecule has 1 aromatic rings. The number of rotatable bonds is 3. The van der Waals surface area contributed by atoms with E-state index in [9.17, 15) is 0 Å². The molecule has 0 amide bonds. The van der Waals surface area contributed by atoms with Crippen molar-refractivity contribution in [1.29, 1.82) is 0 Å². The molecule has 0 fully saturated rings. The number of anilines is 1. The molecule has 2 N–H and O–H groups in total. The highest BCUT2D eigenvalue weighted by atomic mass is 35.5. The Morgan fingerprint density at radius 2 is 2.15 bits per heavy atom. The third-order valence-electron chi connectivity index (χ3n) is 1.78. The summed E-state index contributed by atoms with van der Waals surface area (Å²) < 4.78 is 0. The number of hydroxylamine groups is 1. The highest BCUT2D eigenvalue weighted by Crippen LogP contribution is 2.24. The smallest absolute Gasteiger partial charge is 0.0639 e. The lowest BCUT2D eigenvalue weighted by Crippen LogP contribution is -2.11. The second-order valence-corrected chi connectivity index (χ2v) is 3.42. The fraction of sp³-hybridized carbons (Fsp3) is 0.333. The van der Waals surface area contributed by atoms with Gasteiger partial charge in [0, 0.05) is 20.6 Å². The molecule has 0 radical (unpaired) electrons. The van der Waals surface area contributed by atoms with Gasteiger partial charge in [0.25, 0.3) is 0 Å². The molecule has 0 heterocycles. The number of halogens is 1. The van der Waals surface area contributed by atoms with Crippen LogP contribution in [0.2, 0.25) is 5.02 Å². The molecule has 1 rings (SSSR count). The summed E-state index contributed by atoms with van der Waals surface area (Å²) in [4.78, 5) is 1.93. The maximum atomic E-state index is 8.52. The Balaban J connectivity index is 2.97. The van der Waals surface area contributed by atoms with Crippen molar-refractivity contribution in [3.63, 3.8) is 0 Å². The van der Waals surface area contributed by atoms with E-state index in [-0.39, 0.29) is 0 Å². The van der Waals surface area contributed by atoms with E-state index >= 15 is 0 Å². The number of nitrogens with one attached hydrogen (secondary N) is 1. The van der Waals surface area contributed by atoms with Crippen LogP contribution in [0.1, 0.15) is 5.56 Å². The van der Waals surface area contributed by atoms with Crippen molar-refractivity contribution >= 4 is 17.3 Å². The first-order valence-electron chi connectivity index (χ1n) is 3.98. The van der Waals surface area contributed by atoms with Gasteiger partial charge in [-0.3, -0.25) is 0 Å². The Labute approximate surface area is 82.9 Å². The van der Waals surface area contributed by atoms with Crippen molar-refractivity contribution in [3.8, 4) is 0 Å². The molecule has 0 saturated heterocycles. The average molecular weight is 201 g/mol. The van der Waals surface area contributed by atoms with Crippen molar-refractivity contribution in [2.45, 2.75) is 6.54 Å². The van der Waals surface area contributed by atoms with Crippen LogP contribution in [0.25, 0.3) is 0 Å². The SMILES string of the molecule is CN(C)c1cc(CNO)ccc1Cl. The van der Waals surface area contributed by atoms with Gasteiger partial charge in [0.15, 0.2) is 0 Å². The molecule has 0 saturated carbocycles. The summed E-state index contributed by atoms with van der Waals surface area (Å²) in [7, 11) is 3.86. The molecular weight excluding hydrogens is 188 g/mol. The summed E-state index contributed by atoms with van der Waals surface area (Å²) in [6.45, 7) is 0.429. The monoisotopic (exact) mass is 200 g/mol. The van der Waals surface area contributed by atoms with E-state index in [1.165, 1.54) is 0 Å². The van der Waals surface area contributed by atoms with Crippen LogP contribution in [0.4, 0.5) is 5.69 Å². The summed E-state index contributed by atoms with van der Waals surface area (Å²) in [6, 6.07) is 5.63. The van der Waals surface area contributed by atoms with E-state index in [4.69, 9.17) is 16.8 Å². The molecule has 0 spiro atoms. The molecule has 0 unspecified atom stereocenters. The van der Waals surface area contributed by atoms with Crippen LogP contribution in [0.3, 0.4) is 0 Å². The summed E-state index contributed by atoms with van der Waals surface area (Å²) in [5.41, 5.74) is 4.06. The van der Waals surface area contributed by atoms with Crippen molar-refractivity contribution in [2.75, 3.05) is 19.0 Å². The largest absolute Gasteiger partial charge is 0.376 e. The molecule has 0 aliphatic rings. The molecule has 72 valence electrons. The van der Waals surface area contributed by atoms with Crippen molar-refractivity contribution in [1.82, 2.24) is 5.48 Å². The quantitative estimate of drug-likeness (QED) is 0.732. The number of hydrogen-bond acceptors (Lipinski definition) is 3. The van der Waals surface area contributed by atoms with Gasteiger partial charge >= 0.3 is 0 Å². The minimum Gasteiger partial charge on any atom is -0.376 e. The van der Waals surface area contributed by atoms with Crippen LogP contribution in [0.5, 0.6) is 0 Å². The van der Waals surface area contributed by atoms with Crippen LogP contribution in [-0.4, -0.2) is 19.3 Å². The normalized spacial score (nSPS) is 10.2. The third-order valence-corrected chi connectivity index (χ3v) is 2.10. The summed E-state index contributed by atoms with van der Waals surface area (Å²) >= 11 is 5.97. The molecule has 0 atom stereocenters. The fourth-order valence-corrected chi connectivity index (χ4v) is 1.39. The van der Waals surface area contributed by atoms with Gasteiger partial charge in [-0.1, -0.05) is 17.7 Å². The number of benzene rings is 1. The molecule has 13 heavy (non-hydrogen) atoms. The second-order valence-electron chi connectivity index (χ2n) is 3.02. The van der Waals surface area contributed by atoms with E-state index in [1.54, 1.807) is 0 Å². The van der Waals surface area contributed by atoms with Gasteiger partial charge < -0.3 is 10.1 Å². The van der Waals surface area contributed by atoms with Crippen LogP contribution in [0.15, 0.2) is 18.2 Å². The second kappa shape index (κ2) is 4.46. The van der Waals surface area contributed by atoms with Crippen LogP contribution in [0, 0.1) is 0 Å². The van der Waals surface area contributed by atoms with Gasteiger partial charge in [-0.25, -0.2) is 5.48 Å². The van der Waals surface area contributed by atoms with Crippen LogP contribution >= 0.6 is 11.6 Å². The lowest BCUT2D eigenvalue weighted by Gasteiger charge is -2.15. The standard InChI is InChI=1S/C9H13ClN2O/c1-12(2)9-5-7(6-11-13)3-4-8(9)10/h3-5,11,13H,6H2,1-2H3. The van der Waals surface area contributed by atoms with E-state index in [1.807, 2.05) is 37.2 Å². The first-order chi connectivity index (χ1) is 6.15. The van der Waals surface area contributed by atoms with Crippen LogP contribution in [-0.2, 0) is 6.54 Å². The van der Waals surface area contributed by atoms with Gasteiger partial charge in [-0.15, -0.1) is 0 Å². The lowest BCUT2D eigenvalue weighted by atomic mass is 10.2. The lowest BCUT2D eigenvalue weighted by molar-refractivity contribution is 0.161. The van der Waals surface area contributed by atoms with E-state index in [0.29, 0.717) is 11.6 Å². The van der Waals surface area contributed by atoms with E-state index in [0.717, 1.165) is 11.3 Å². The molecule has 0 aliphatic carbocycles. The summed E-state index contributed by atoms with van der Waals surface area (Å²) in [6.07, 6.45) is 0. The maximum absolute atomic E-state index is 8.52. The van der Waals surface area contributed by atoms with Gasteiger partial charge in [0.2, 0.25) is 0 Å². The zero-order valence-electron chi connectivity index (χ0n) is 7.71. The van der Waals surface area contributed by atoms with Crippen LogP contribution < -0.4 is 10.4 Å². The molecule has 3 nitrogen and oxygen atoms in total. The Hall–Kier alpha value is -0.770. The van der Waals surface area contributed by atoms with Gasteiger partial charge in [0.1, 0.15) is 0 Å². The Bertz CT molecular complexity index is 289. The Kier molecular flexibility index (Phi) is 3.54. The van der Waals surface area contributed by atoms with E-state index in [2.05, 4.69) is 5.48 Å². The molecule has 0 bridgehead atoms. The maximum Gasteiger partial charge on any atom is 0.0639 e. The predicted molar refractivity (Wildman–Crippen MR) is 54.4 cm³/mol. The molecular formula is C9H13ClN2O. The van der Waals surface area contributed by atoms with Crippen molar-refractivity contribution < 1.29 is 5.21 Å². The predicted octanol–water partition coefficient (Wildman–Crippen LogP) is 1.88. The highest BCUT2D eigenvalue weighted by molar-refractivity contribution is 6.33. The number of nitrogens with zero attached hydrogens (tertiary/aromatic N) is 1. The van der Waals surface area contributed by atoms with Crippen molar-refractivity contribution in [2.24, 2.45) is 0 Å². The highest BCUT2D eigenvalue weighted by Gasteiger charge is 2.03. The molecule has 0 aromatic heterocycles. The van der Waals surface area contributed by atoms with Gasteiger partial charge in [0.05, 0.1) is 10.7 Å². The molecule has 0 aliphatic heterocycles. The first-order valence-corrected chi connectivity index (χ1v) is 4.35. The topological polar surface area (TPSA) is 35.5 Å². The molecule has 1 aromatic carbocycles. The summed E-state index contributed by atoms with van der Waals surface area (Å²) in [5.74, 6) is 0. The third kappa shape index (κ3) is 2.59. The van der Waals surface area contributed by atoms with Gasteiger partial charge in [-0.05, 0) is 17.7 Å². The zero-order valence-corrected chi connectivity index (χ0v) is 8.47. The average Bonchev–Trinajstić information content (AvgIpc) is 2.08. The van der Waals surface area contributed by atoms with Crippen molar-refractivity contribution in [3.05, 3.63) is 28.8 Å². The Morgan fingerprint density at radius 3 is 2.69 bits per heavy atom. The fourth-order valence-electron chi connectivity index (χ4n) is 1.10. The minimum atomic E-state index is 0.429. The van der Waals surface area contributed by atoms with Gasteiger partial charge in [-0.2, -0.15) is 0 Å².